The molecule has 19 heavy (non-hydrogen) atoms. The molecular weight excluding hydrogens is 256 g/mol. The van der Waals surface area contributed by atoms with Crippen molar-refractivity contribution in [1.82, 2.24) is 5.32 Å². The molecule has 1 amide bonds. The van der Waals surface area contributed by atoms with Crippen LogP contribution >= 0.6 is 11.8 Å². The first-order valence-electron chi connectivity index (χ1n) is 6.79. The lowest BCUT2D eigenvalue weighted by atomic mass is 10.1. The molecule has 1 saturated heterocycles. The number of aryl methyl sites for hydroxylation is 1. The van der Waals surface area contributed by atoms with Gasteiger partial charge in [0.1, 0.15) is 0 Å². The molecule has 1 aliphatic rings. The van der Waals surface area contributed by atoms with Gasteiger partial charge >= 0.3 is 0 Å². The van der Waals surface area contributed by atoms with Crippen LogP contribution < -0.4 is 10.6 Å². The molecule has 0 radical (unpaired) electrons. The van der Waals surface area contributed by atoms with Crippen molar-refractivity contribution in [3.05, 3.63) is 29.8 Å². The highest BCUT2D eigenvalue weighted by Gasteiger charge is 2.28. The summed E-state index contributed by atoms with van der Waals surface area (Å²) < 4.78 is 0.309. The molecule has 1 atom stereocenters. The standard InChI is InChI=1S/C15H22N2OS/c1-12-5-3-6-13(9-12)17-14(18)10-16-11-15(2)7-4-8-19-15/h3,5-6,9,16H,4,7-8,10-11H2,1-2H3,(H,17,18). The van der Waals surface area contributed by atoms with Crippen LogP contribution in [0.5, 0.6) is 0 Å². The molecule has 0 aliphatic carbocycles. The number of amides is 1. The van der Waals surface area contributed by atoms with Gasteiger partial charge in [0.25, 0.3) is 0 Å². The van der Waals surface area contributed by atoms with Crippen molar-refractivity contribution in [2.24, 2.45) is 0 Å². The summed E-state index contributed by atoms with van der Waals surface area (Å²) in [5.74, 6) is 1.27. The van der Waals surface area contributed by atoms with Crippen LogP contribution in [0.4, 0.5) is 5.69 Å². The zero-order valence-corrected chi connectivity index (χ0v) is 12.5. The number of carbonyl (C=O) groups is 1. The SMILES string of the molecule is Cc1cccc(NC(=O)CNCC2(C)CCCS2)c1. The Morgan fingerprint density at radius 1 is 1.47 bits per heavy atom. The predicted molar refractivity (Wildman–Crippen MR) is 82.8 cm³/mol. The van der Waals surface area contributed by atoms with Gasteiger partial charge in [-0.3, -0.25) is 4.79 Å². The molecule has 0 spiro atoms. The van der Waals surface area contributed by atoms with E-state index in [0.29, 0.717) is 11.3 Å². The van der Waals surface area contributed by atoms with Crippen LogP contribution in [0.15, 0.2) is 24.3 Å². The smallest absolute Gasteiger partial charge is 0.238 e. The molecule has 3 nitrogen and oxygen atoms in total. The minimum atomic E-state index is 0.0252. The van der Waals surface area contributed by atoms with Gasteiger partial charge in [-0.15, -0.1) is 0 Å². The number of thioether (sulfide) groups is 1. The largest absolute Gasteiger partial charge is 0.325 e. The molecule has 1 aliphatic heterocycles. The molecule has 0 saturated carbocycles. The Balaban J connectivity index is 1.73. The Morgan fingerprint density at radius 3 is 3.00 bits per heavy atom. The highest BCUT2D eigenvalue weighted by Crippen LogP contribution is 2.36. The third-order valence-electron chi connectivity index (χ3n) is 3.39. The number of benzene rings is 1. The fraction of sp³-hybridized carbons (Fsp3) is 0.533. The summed E-state index contributed by atoms with van der Waals surface area (Å²) in [6, 6.07) is 7.87. The quantitative estimate of drug-likeness (QED) is 0.870. The lowest BCUT2D eigenvalue weighted by molar-refractivity contribution is -0.115. The topological polar surface area (TPSA) is 41.1 Å². The van der Waals surface area contributed by atoms with Crippen LogP contribution in [0.25, 0.3) is 0 Å². The van der Waals surface area contributed by atoms with E-state index in [9.17, 15) is 4.79 Å². The number of rotatable bonds is 5. The molecule has 1 fully saturated rings. The summed E-state index contributed by atoms with van der Waals surface area (Å²) in [7, 11) is 0. The van der Waals surface area contributed by atoms with Gasteiger partial charge in [0.05, 0.1) is 6.54 Å². The molecule has 1 heterocycles. The molecule has 2 rings (SSSR count). The molecule has 1 aromatic carbocycles. The molecule has 2 N–H and O–H groups in total. The lowest BCUT2D eigenvalue weighted by Crippen LogP contribution is -2.37. The first kappa shape index (κ1) is 14.4. The molecule has 1 aromatic rings. The van der Waals surface area contributed by atoms with Crippen LogP contribution in [-0.4, -0.2) is 29.5 Å². The van der Waals surface area contributed by atoms with Gasteiger partial charge in [-0.05, 0) is 50.1 Å². The van der Waals surface area contributed by atoms with Crippen molar-refractivity contribution < 1.29 is 4.79 Å². The molecule has 4 heteroatoms. The molecule has 104 valence electrons. The van der Waals surface area contributed by atoms with Crippen LogP contribution in [-0.2, 0) is 4.79 Å². The van der Waals surface area contributed by atoms with Gasteiger partial charge in [-0.2, -0.15) is 11.8 Å². The summed E-state index contributed by atoms with van der Waals surface area (Å²) in [5.41, 5.74) is 2.02. The molecule has 0 aromatic heterocycles. The highest BCUT2D eigenvalue weighted by atomic mass is 32.2. The first-order valence-corrected chi connectivity index (χ1v) is 7.77. The second-order valence-electron chi connectivity index (χ2n) is 5.42. The van der Waals surface area contributed by atoms with Gasteiger partial charge in [0.2, 0.25) is 5.91 Å². The Bertz CT molecular complexity index is 442. The van der Waals surface area contributed by atoms with Crippen LogP contribution in [0.3, 0.4) is 0 Å². The zero-order chi connectivity index (χ0) is 13.7. The van der Waals surface area contributed by atoms with E-state index >= 15 is 0 Å². The van der Waals surface area contributed by atoms with E-state index in [-0.39, 0.29) is 5.91 Å². The Morgan fingerprint density at radius 2 is 2.32 bits per heavy atom. The number of anilines is 1. The van der Waals surface area contributed by atoms with Gasteiger partial charge < -0.3 is 10.6 Å². The van der Waals surface area contributed by atoms with Crippen LogP contribution in [0.1, 0.15) is 25.3 Å². The molecule has 1 unspecified atom stereocenters. The summed E-state index contributed by atoms with van der Waals surface area (Å²) in [5, 5.41) is 6.18. The van der Waals surface area contributed by atoms with Crippen molar-refractivity contribution in [3.63, 3.8) is 0 Å². The number of hydrogen-bond donors (Lipinski definition) is 2. The average molecular weight is 278 g/mol. The van der Waals surface area contributed by atoms with E-state index in [1.54, 1.807) is 0 Å². The maximum Gasteiger partial charge on any atom is 0.238 e. The van der Waals surface area contributed by atoms with Crippen LogP contribution in [0, 0.1) is 6.92 Å². The number of nitrogens with one attached hydrogen (secondary N) is 2. The van der Waals surface area contributed by atoms with Crippen molar-refractivity contribution in [2.75, 3.05) is 24.2 Å². The average Bonchev–Trinajstić information content (AvgIpc) is 2.76. The first-order chi connectivity index (χ1) is 9.07. The Labute approximate surface area is 119 Å². The van der Waals surface area contributed by atoms with Crippen molar-refractivity contribution >= 4 is 23.4 Å². The van der Waals surface area contributed by atoms with Gasteiger partial charge in [-0.25, -0.2) is 0 Å². The summed E-state index contributed by atoms with van der Waals surface area (Å²) in [4.78, 5) is 11.8. The van der Waals surface area contributed by atoms with E-state index in [1.807, 2.05) is 43.0 Å². The zero-order valence-electron chi connectivity index (χ0n) is 11.7. The second kappa shape index (κ2) is 6.44. The van der Waals surface area contributed by atoms with E-state index in [4.69, 9.17) is 0 Å². The van der Waals surface area contributed by atoms with Gasteiger partial charge in [-0.1, -0.05) is 12.1 Å². The number of hydrogen-bond acceptors (Lipinski definition) is 3. The minimum absolute atomic E-state index is 0.0252. The monoisotopic (exact) mass is 278 g/mol. The molecule has 0 bridgehead atoms. The predicted octanol–water partition coefficient (Wildman–Crippen LogP) is 2.81. The third kappa shape index (κ3) is 4.55. The third-order valence-corrected chi connectivity index (χ3v) is 4.92. The van der Waals surface area contributed by atoms with Crippen LogP contribution in [0.2, 0.25) is 0 Å². The number of carbonyl (C=O) groups excluding carboxylic acids is 1. The maximum absolute atomic E-state index is 11.8. The Hall–Kier alpha value is -1.00. The van der Waals surface area contributed by atoms with Gasteiger partial charge in [0, 0.05) is 17.0 Å². The van der Waals surface area contributed by atoms with Crippen molar-refractivity contribution in [1.29, 1.82) is 0 Å². The lowest BCUT2D eigenvalue weighted by Gasteiger charge is -2.22. The highest BCUT2D eigenvalue weighted by molar-refractivity contribution is 8.00. The minimum Gasteiger partial charge on any atom is -0.325 e. The Kier molecular flexibility index (Phi) is 4.88. The van der Waals surface area contributed by atoms with E-state index in [2.05, 4.69) is 17.6 Å². The van der Waals surface area contributed by atoms with E-state index in [0.717, 1.165) is 17.8 Å². The molecular formula is C15H22N2OS. The van der Waals surface area contributed by atoms with Crippen molar-refractivity contribution in [3.8, 4) is 0 Å². The van der Waals surface area contributed by atoms with E-state index < -0.39 is 0 Å². The van der Waals surface area contributed by atoms with Gasteiger partial charge in [0.15, 0.2) is 0 Å². The second-order valence-corrected chi connectivity index (χ2v) is 7.11. The van der Waals surface area contributed by atoms with Crippen molar-refractivity contribution in [2.45, 2.75) is 31.4 Å². The maximum atomic E-state index is 11.8. The normalized spacial score (nSPS) is 22.4. The fourth-order valence-corrected chi connectivity index (χ4v) is 3.62. The fourth-order valence-electron chi connectivity index (χ4n) is 2.34. The summed E-state index contributed by atoms with van der Waals surface area (Å²) in [6.07, 6.45) is 2.53. The van der Waals surface area contributed by atoms with E-state index in [1.165, 1.54) is 18.6 Å². The summed E-state index contributed by atoms with van der Waals surface area (Å²) in [6.45, 7) is 5.57. The summed E-state index contributed by atoms with van der Waals surface area (Å²) >= 11 is 2.01.